The Balaban J connectivity index is 1.44. The topological polar surface area (TPSA) is 407 Å². The Morgan fingerprint density at radius 2 is 1.18 bits per heavy atom. The highest BCUT2D eigenvalue weighted by Gasteiger charge is 2.27. The normalized spacial score (nSPS) is 12.5. The van der Waals surface area contributed by atoms with Crippen molar-refractivity contribution in [1.29, 1.82) is 0 Å². The molecule has 0 aliphatic carbocycles. The molecule has 1 heterocycles. The van der Waals surface area contributed by atoms with Gasteiger partial charge in [0.15, 0.2) is 17.1 Å². The third kappa shape index (κ3) is 11.0. The summed E-state index contributed by atoms with van der Waals surface area (Å²) in [6.07, 6.45) is 0. The molecule has 0 spiro atoms. The third-order valence-corrected chi connectivity index (χ3v) is 11.6. The maximum atomic E-state index is 12.8. The van der Waals surface area contributed by atoms with Crippen LogP contribution in [0.3, 0.4) is 0 Å². The van der Waals surface area contributed by atoms with E-state index in [0.717, 1.165) is 41.1 Å². The third-order valence-electron chi connectivity index (χ3n) is 8.98. The molecular weight excluding hydrogens is 951 g/mol. The highest BCUT2D eigenvalue weighted by molar-refractivity contribution is 7.86. The smallest absolute Gasteiger partial charge is 0.296 e. The van der Waals surface area contributed by atoms with Crippen molar-refractivity contribution in [3.05, 3.63) is 84.1 Å². The van der Waals surface area contributed by atoms with Crippen LogP contribution in [0.15, 0.2) is 118 Å². The first-order valence-corrected chi connectivity index (χ1v) is 22.9. The number of aryl methyl sites for hydroxylation is 1. The fourth-order valence-corrected chi connectivity index (χ4v) is 7.98. The van der Waals surface area contributed by atoms with E-state index in [9.17, 15) is 64.1 Å². The number of amides is 1. The van der Waals surface area contributed by atoms with Crippen molar-refractivity contribution in [2.24, 2.45) is 36.4 Å². The lowest BCUT2D eigenvalue weighted by Crippen LogP contribution is -2.12. The van der Waals surface area contributed by atoms with Gasteiger partial charge in [0.2, 0.25) is 5.88 Å². The molecule has 0 saturated heterocycles. The molecule has 29 heteroatoms. The molecule has 0 unspecified atom stereocenters. The van der Waals surface area contributed by atoms with Crippen LogP contribution < -0.4 is 19.9 Å². The van der Waals surface area contributed by atoms with Gasteiger partial charge in [0, 0.05) is 23.6 Å². The van der Waals surface area contributed by atoms with Crippen LogP contribution in [-0.2, 0) is 30.4 Å². The Labute approximate surface area is 378 Å². The minimum absolute atomic E-state index is 0.0685. The molecule has 0 aliphatic heterocycles. The number of azo groups is 3. The van der Waals surface area contributed by atoms with Crippen molar-refractivity contribution in [1.82, 2.24) is 9.78 Å². The summed E-state index contributed by atoms with van der Waals surface area (Å²) in [5.41, 5.74) is 2.52. The van der Waals surface area contributed by atoms with E-state index in [1.165, 1.54) is 43.5 Å². The number of rotatable bonds is 18. The number of aliphatic hydroxyl groups excluding tert-OH is 2. The molecule has 26 nitrogen and oxygen atoms in total. The lowest BCUT2D eigenvalue weighted by Gasteiger charge is -2.13. The number of primary amides is 1. The quantitative estimate of drug-likeness (QED) is 0.0384. The van der Waals surface area contributed by atoms with Gasteiger partial charge in [0.05, 0.1) is 26.0 Å². The van der Waals surface area contributed by atoms with E-state index in [2.05, 4.69) is 35.8 Å². The van der Waals surface area contributed by atoms with Crippen molar-refractivity contribution in [3.63, 3.8) is 0 Å². The molecule has 1 aromatic heterocycles. The van der Waals surface area contributed by atoms with Gasteiger partial charge in [-0.05, 0) is 66.4 Å². The van der Waals surface area contributed by atoms with E-state index in [4.69, 9.17) is 19.9 Å². The summed E-state index contributed by atoms with van der Waals surface area (Å²) in [7, 11) is -13.6. The van der Waals surface area contributed by atoms with Crippen LogP contribution in [0.1, 0.15) is 16.1 Å². The summed E-state index contributed by atoms with van der Waals surface area (Å²) in [5.74, 6) is -3.31. The molecule has 0 bridgehead atoms. The van der Waals surface area contributed by atoms with E-state index < -0.39 is 92.9 Å². The van der Waals surface area contributed by atoms with E-state index in [-0.39, 0.29) is 69.7 Å². The molecule has 5 aromatic carbocycles. The first-order valence-electron chi connectivity index (χ1n) is 18.6. The predicted molar refractivity (Wildman–Crippen MR) is 231 cm³/mol. The Kier molecular flexibility index (Phi) is 14.3. The highest BCUT2D eigenvalue weighted by Crippen LogP contribution is 2.46. The van der Waals surface area contributed by atoms with Crippen LogP contribution in [0.2, 0.25) is 0 Å². The molecule has 0 radical (unpaired) electrons. The zero-order chi connectivity index (χ0) is 49.0. The zero-order valence-electron chi connectivity index (χ0n) is 34.3. The number of carbonyl (C=O) groups excluding carboxylic acids is 1. The Bertz CT molecular complexity index is 3380. The highest BCUT2D eigenvalue weighted by atomic mass is 32.2. The molecule has 6 rings (SSSR count). The Morgan fingerprint density at radius 3 is 1.73 bits per heavy atom. The van der Waals surface area contributed by atoms with Crippen LogP contribution in [0.25, 0.3) is 16.5 Å². The van der Waals surface area contributed by atoms with E-state index in [0.29, 0.717) is 5.56 Å². The van der Waals surface area contributed by atoms with E-state index >= 15 is 0 Å². The number of phenolic OH excluding ortho intramolecular Hbond substituents is 1. The summed E-state index contributed by atoms with van der Waals surface area (Å²) < 4.78 is 120. The second-order valence-electron chi connectivity index (χ2n) is 13.5. The maximum Gasteiger partial charge on any atom is 0.296 e. The molecule has 0 fully saturated rings. The Morgan fingerprint density at radius 1 is 0.657 bits per heavy atom. The van der Waals surface area contributed by atoms with Crippen LogP contribution in [0, 0.1) is 6.92 Å². The number of hydrogen-bond donors (Lipinski definition) is 8. The fraction of sp³-hybridized carbons (Fsp3) is 0.158. The van der Waals surface area contributed by atoms with Gasteiger partial charge in [-0.2, -0.15) is 35.0 Å². The van der Waals surface area contributed by atoms with Gasteiger partial charge in [-0.15, -0.1) is 30.7 Å². The number of hydrogen-bond acceptors (Lipinski definition) is 21. The van der Waals surface area contributed by atoms with Gasteiger partial charge in [-0.25, -0.2) is 0 Å². The minimum Gasteiger partial charge on any atom is -0.505 e. The van der Waals surface area contributed by atoms with Gasteiger partial charge >= 0.3 is 0 Å². The molecular formula is C38H35N9O17S3. The average Bonchev–Trinajstić information content (AvgIpc) is 3.60. The van der Waals surface area contributed by atoms with E-state index in [1.54, 1.807) is 6.92 Å². The number of methoxy groups -OCH3 is 1. The molecule has 6 aromatic rings. The number of ether oxygens (including phenoxy) is 3. The second kappa shape index (κ2) is 19.5. The molecule has 9 N–H and O–H groups in total. The monoisotopic (exact) mass is 985 g/mol. The standard InChI is InChI=1S/C38H35N9O17S3/c1-19-3-7-24(30(13-19)65(53,54)55)41-45-35-34(37(39)51)46-47(38(35)52)21-4-6-23-20(14-21)15-32(67(59,60)61)33(36(23)50)44-43-27-18-28(63-11-9-48)26(17-29(27)64-12-10-49)42-40-25-8-5-22(62-2)16-31(25)66(56,57)58/h3-8,13-18,48-50,52H,9-12H2,1-2H3,(H2,39,51)(H,53,54,55)(H,56,57,58)(H,59,60,61). The van der Waals surface area contributed by atoms with Crippen LogP contribution in [0.5, 0.6) is 28.9 Å². The first kappa shape index (κ1) is 48.9. The predicted octanol–water partition coefficient (Wildman–Crippen LogP) is 5.58. The summed E-state index contributed by atoms with van der Waals surface area (Å²) in [6, 6.07) is 14.0. The number of aliphatic hydroxyl groups is 2. The van der Waals surface area contributed by atoms with Crippen molar-refractivity contribution in [3.8, 4) is 34.6 Å². The van der Waals surface area contributed by atoms with Crippen molar-refractivity contribution >= 4 is 81.2 Å². The molecule has 1 amide bonds. The zero-order valence-corrected chi connectivity index (χ0v) is 36.8. The minimum atomic E-state index is -5.25. The van der Waals surface area contributed by atoms with Gasteiger partial charge in [-0.3, -0.25) is 18.5 Å². The van der Waals surface area contributed by atoms with Crippen LogP contribution in [-0.4, -0.2) is 109 Å². The summed E-state index contributed by atoms with van der Waals surface area (Å²) in [6.45, 7) is -0.204. The molecule has 0 aliphatic rings. The largest absolute Gasteiger partial charge is 0.505 e. The van der Waals surface area contributed by atoms with Crippen molar-refractivity contribution in [2.75, 3.05) is 33.5 Å². The van der Waals surface area contributed by atoms with Gasteiger partial charge < -0.3 is 40.4 Å². The number of aromatic hydroxyl groups is 2. The molecule has 67 heavy (non-hydrogen) atoms. The van der Waals surface area contributed by atoms with Gasteiger partial charge in [-0.1, -0.05) is 6.07 Å². The number of aromatic nitrogens is 2. The molecule has 0 atom stereocenters. The number of fused-ring (bicyclic) bond motifs is 1. The van der Waals surface area contributed by atoms with Crippen LogP contribution >= 0.6 is 0 Å². The number of carbonyl (C=O) groups is 1. The van der Waals surface area contributed by atoms with Crippen molar-refractivity contribution in [2.45, 2.75) is 21.6 Å². The summed E-state index contributed by atoms with van der Waals surface area (Å²) in [5, 5.41) is 68.7. The van der Waals surface area contributed by atoms with E-state index in [1.807, 2.05) is 0 Å². The SMILES string of the molecule is COc1ccc(N=Nc2cc(OCCO)c(N=Nc3c(S(=O)(=O)O)cc4cc(-n5nc(C(N)=O)c(N=Nc6ccc(C)cc6S(=O)(=O)O)c5O)ccc4c3O)cc2OCCO)c(S(=O)(=O)O)c1. The van der Waals surface area contributed by atoms with Crippen molar-refractivity contribution < 1.29 is 78.3 Å². The first-order chi connectivity index (χ1) is 31.5. The molecule has 352 valence electrons. The van der Waals surface area contributed by atoms with Gasteiger partial charge in [0.25, 0.3) is 36.3 Å². The number of nitrogens with two attached hydrogens (primary N) is 1. The lowest BCUT2D eigenvalue weighted by atomic mass is 10.1. The lowest BCUT2D eigenvalue weighted by molar-refractivity contribution is 0.0995. The second-order valence-corrected chi connectivity index (χ2v) is 17.7. The number of nitrogens with zero attached hydrogens (tertiary/aromatic N) is 8. The average molecular weight is 986 g/mol. The summed E-state index contributed by atoms with van der Waals surface area (Å²) in [4.78, 5) is 10.1. The number of phenols is 1. The molecule has 0 saturated carbocycles. The summed E-state index contributed by atoms with van der Waals surface area (Å²) >= 11 is 0. The van der Waals surface area contributed by atoms with Gasteiger partial charge in [0.1, 0.15) is 73.6 Å². The Hall–Kier alpha value is -7.51. The number of benzene rings is 5. The van der Waals surface area contributed by atoms with Crippen LogP contribution in [0.4, 0.5) is 34.1 Å². The fourth-order valence-electron chi connectivity index (χ4n) is 5.98. The maximum absolute atomic E-state index is 12.8.